The topological polar surface area (TPSA) is 85.4 Å². The Morgan fingerprint density at radius 2 is 1.49 bits per heavy atom. The molecule has 2 aliphatic rings. The number of carbonyl (C=O) groups is 3. The molecule has 37 heavy (non-hydrogen) atoms. The number of piperidine rings is 1. The number of hydrogen-bond donors (Lipinski definition) is 0. The number of rotatable bonds is 10. The third-order valence-electron chi connectivity index (χ3n) is 7.08. The van der Waals surface area contributed by atoms with Gasteiger partial charge in [-0.1, -0.05) is 12.1 Å². The Hall–Kier alpha value is -3.55. The summed E-state index contributed by atoms with van der Waals surface area (Å²) < 4.78 is 16.2. The number of esters is 1. The summed E-state index contributed by atoms with van der Waals surface area (Å²) in [5.74, 6) is 0.434. The molecule has 2 aromatic rings. The lowest BCUT2D eigenvalue weighted by atomic mass is 9.97. The van der Waals surface area contributed by atoms with Gasteiger partial charge in [0.25, 0.3) is 11.8 Å². The molecular weight excluding hydrogens is 472 g/mol. The molecule has 2 aromatic carbocycles. The lowest BCUT2D eigenvalue weighted by Crippen LogP contribution is -2.49. The van der Waals surface area contributed by atoms with Crippen LogP contribution in [0.25, 0.3) is 0 Å². The van der Waals surface area contributed by atoms with Crippen LogP contribution < -0.4 is 9.47 Å². The predicted octanol–water partition coefficient (Wildman–Crippen LogP) is 4.21. The van der Waals surface area contributed by atoms with E-state index in [4.69, 9.17) is 14.2 Å². The van der Waals surface area contributed by atoms with Gasteiger partial charge in [-0.05, 0) is 87.9 Å². The summed E-state index contributed by atoms with van der Waals surface area (Å²) in [7, 11) is 1.61. The molecule has 4 rings (SSSR count). The number of carbonyl (C=O) groups excluding carboxylic acids is 3. The summed E-state index contributed by atoms with van der Waals surface area (Å²) in [4.78, 5) is 41.7. The number of benzene rings is 2. The Bertz CT molecular complexity index is 1070. The van der Waals surface area contributed by atoms with Gasteiger partial charge >= 0.3 is 5.97 Å². The van der Waals surface area contributed by atoms with Crippen LogP contribution in [0, 0.1) is 0 Å². The Morgan fingerprint density at radius 1 is 0.865 bits per heavy atom. The molecule has 1 heterocycles. The van der Waals surface area contributed by atoms with E-state index in [-0.39, 0.29) is 43.2 Å². The van der Waals surface area contributed by atoms with Crippen molar-refractivity contribution in [3.05, 3.63) is 59.7 Å². The van der Waals surface area contributed by atoms with E-state index in [0.29, 0.717) is 17.9 Å². The molecular formula is C29H36N2O6. The molecule has 2 amide bonds. The molecule has 8 nitrogen and oxygen atoms in total. The highest BCUT2D eigenvalue weighted by atomic mass is 16.5. The van der Waals surface area contributed by atoms with Crippen molar-refractivity contribution in [2.24, 2.45) is 0 Å². The Balaban J connectivity index is 1.25. The molecule has 0 bridgehead atoms. The Morgan fingerprint density at radius 3 is 2.08 bits per heavy atom. The lowest BCUT2D eigenvalue weighted by Gasteiger charge is -2.38. The van der Waals surface area contributed by atoms with Crippen LogP contribution in [0.5, 0.6) is 11.5 Å². The minimum Gasteiger partial charge on any atom is -0.497 e. The van der Waals surface area contributed by atoms with Crippen molar-refractivity contribution >= 4 is 17.8 Å². The van der Waals surface area contributed by atoms with Crippen LogP contribution in [0.1, 0.15) is 61.9 Å². The van der Waals surface area contributed by atoms with Crippen molar-refractivity contribution in [2.75, 3.05) is 20.3 Å². The summed E-state index contributed by atoms with van der Waals surface area (Å²) in [6, 6.07) is 14.6. The number of nitrogens with zero attached hydrogens (tertiary/aromatic N) is 2. The van der Waals surface area contributed by atoms with E-state index in [1.807, 2.05) is 29.2 Å². The third-order valence-corrected chi connectivity index (χ3v) is 7.08. The molecule has 1 saturated heterocycles. The number of methoxy groups -OCH3 is 1. The van der Waals surface area contributed by atoms with Gasteiger partial charge in [-0.2, -0.15) is 0 Å². The summed E-state index contributed by atoms with van der Waals surface area (Å²) >= 11 is 0. The molecule has 8 heteroatoms. The predicted molar refractivity (Wildman–Crippen MR) is 138 cm³/mol. The van der Waals surface area contributed by atoms with Gasteiger partial charge in [0.2, 0.25) is 0 Å². The van der Waals surface area contributed by atoms with E-state index in [1.165, 1.54) is 0 Å². The molecule has 0 spiro atoms. The van der Waals surface area contributed by atoms with Gasteiger partial charge in [-0.3, -0.25) is 9.59 Å². The fourth-order valence-corrected chi connectivity index (χ4v) is 4.85. The summed E-state index contributed by atoms with van der Waals surface area (Å²) in [5.41, 5.74) is 1.31. The number of amides is 2. The quantitative estimate of drug-likeness (QED) is 0.447. The van der Waals surface area contributed by atoms with E-state index < -0.39 is 5.97 Å². The van der Waals surface area contributed by atoms with Gasteiger partial charge in [0.1, 0.15) is 11.5 Å². The fraction of sp³-hybridized carbons (Fsp3) is 0.483. The second-order valence-corrected chi connectivity index (χ2v) is 9.92. The zero-order chi connectivity index (χ0) is 26.4. The van der Waals surface area contributed by atoms with Crippen LogP contribution >= 0.6 is 0 Å². The van der Waals surface area contributed by atoms with Crippen LogP contribution in [0.15, 0.2) is 48.5 Å². The first kappa shape index (κ1) is 26.5. The largest absolute Gasteiger partial charge is 0.497 e. The number of ether oxygens (including phenoxy) is 3. The van der Waals surface area contributed by atoms with Crippen molar-refractivity contribution < 1.29 is 28.6 Å². The van der Waals surface area contributed by atoms with E-state index in [1.54, 1.807) is 36.3 Å². The summed E-state index contributed by atoms with van der Waals surface area (Å²) in [6.45, 7) is 4.25. The first-order valence-electron chi connectivity index (χ1n) is 13.0. The van der Waals surface area contributed by atoms with E-state index in [2.05, 4.69) is 13.8 Å². The van der Waals surface area contributed by atoms with Crippen LogP contribution in [0.2, 0.25) is 0 Å². The maximum Gasteiger partial charge on any atom is 0.338 e. The van der Waals surface area contributed by atoms with Gasteiger partial charge in [0.05, 0.1) is 12.7 Å². The lowest BCUT2D eigenvalue weighted by molar-refractivity contribution is -0.139. The molecule has 0 aromatic heterocycles. The van der Waals surface area contributed by atoms with E-state index in [9.17, 15) is 14.4 Å². The van der Waals surface area contributed by atoms with Crippen LogP contribution in [-0.4, -0.2) is 66.0 Å². The molecule has 198 valence electrons. The van der Waals surface area contributed by atoms with Gasteiger partial charge in [0.15, 0.2) is 13.2 Å². The smallest absolute Gasteiger partial charge is 0.338 e. The summed E-state index contributed by atoms with van der Waals surface area (Å²) in [5, 5.41) is 0. The minimum absolute atomic E-state index is 0.0310. The zero-order valence-corrected chi connectivity index (χ0v) is 21.9. The summed E-state index contributed by atoms with van der Waals surface area (Å²) in [6.07, 6.45) is 5.06. The van der Waals surface area contributed by atoms with Crippen LogP contribution in [-0.2, 0) is 20.9 Å². The third kappa shape index (κ3) is 7.02. The molecule has 2 atom stereocenters. The zero-order valence-electron chi connectivity index (χ0n) is 21.9. The number of hydrogen-bond acceptors (Lipinski definition) is 6. The SMILES string of the molecule is COc1ccc(CN(C(=O)COC(=O)c2ccc(OCC(=O)N3C(C)CCCC3C)cc2)C2CC2)cc1. The second kappa shape index (κ2) is 12.1. The van der Waals surface area contributed by atoms with Crippen molar-refractivity contribution in [3.63, 3.8) is 0 Å². The van der Waals surface area contributed by atoms with Gasteiger partial charge < -0.3 is 24.0 Å². The number of likely N-dealkylation sites (tertiary alicyclic amines) is 1. The Labute approximate surface area is 218 Å². The maximum atomic E-state index is 12.8. The van der Waals surface area contributed by atoms with Gasteiger partial charge in [-0.25, -0.2) is 4.79 Å². The average Bonchev–Trinajstić information content (AvgIpc) is 3.75. The second-order valence-electron chi connectivity index (χ2n) is 9.92. The van der Waals surface area contributed by atoms with Gasteiger partial charge in [0, 0.05) is 24.7 Å². The normalized spacial score (nSPS) is 19.2. The maximum absolute atomic E-state index is 12.8. The van der Waals surface area contributed by atoms with E-state index >= 15 is 0 Å². The highest BCUT2D eigenvalue weighted by Gasteiger charge is 2.33. The standard InChI is InChI=1S/C29H36N2O6/c1-20-5-4-6-21(2)31(20)28(33)19-36-26-15-9-23(10-16-26)29(34)37-18-27(32)30(24-11-12-24)17-22-7-13-25(35-3)14-8-22/h7-10,13-16,20-21,24H,4-6,11-12,17-19H2,1-3H3. The molecule has 0 radical (unpaired) electrons. The van der Waals surface area contributed by atoms with Crippen molar-refractivity contribution in [3.8, 4) is 11.5 Å². The van der Waals surface area contributed by atoms with Gasteiger partial charge in [-0.15, -0.1) is 0 Å². The van der Waals surface area contributed by atoms with Crippen LogP contribution in [0.3, 0.4) is 0 Å². The molecule has 1 aliphatic heterocycles. The highest BCUT2D eigenvalue weighted by Crippen LogP contribution is 2.29. The highest BCUT2D eigenvalue weighted by molar-refractivity contribution is 5.91. The monoisotopic (exact) mass is 508 g/mol. The fourth-order valence-electron chi connectivity index (χ4n) is 4.85. The van der Waals surface area contributed by atoms with Crippen molar-refractivity contribution in [1.82, 2.24) is 9.80 Å². The molecule has 2 fully saturated rings. The average molecular weight is 509 g/mol. The first-order chi connectivity index (χ1) is 17.9. The van der Waals surface area contributed by atoms with Crippen LogP contribution in [0.4, 0.5) is 0 Å². The molecule has 1 aliphatic carbocycles. The minimum atomic E-state index is -0.577. The molecule has 2 unspecified atom stereocenters. The van der Waals surface area contributed by atoms with Crippen molar-refractivity contribution in [1.29, 1.82) is 0 Å². The van der Waals surface area contributed by atoms with Crippen molar-refractivity contribution in [2.45, 2.75) is 70.6 Å². The molecule has 1 saturated carbocycles. The molecule has 0 N–H and O–H groups in total. The van der Waals surface area contributed by atoms with E-state index in [0.717, 1.165) is 43.4 Å². The first-order valence-corrected chi connectivity index (χ1v) is 13.0. The Kier molecular flexibility index (Phi) is 8.69.